The van der Waals surface area contributed by atoms with E-state index in [1.807, 2.05) is 0 Å². The molecule has 0 aromatic rings. The Bertz CT molecular complexity index is 88.6. The highest BCUT2D eigenvalue weighted by Gasteiger charge is 2.32. The highest BCUT2D eigenvalue weighted by atomic mass is 127. The predicted molar refractivity (Wildman–Crippen MR) is 49.9 cm³/mol. The van der Waals surface area contributed by atoms with E-state index in [0.717, 1.165) is 17.8 Å². The summed E-state index contributed by atoms with van der Waals surface area (Å²) in [7, 11) is 0. The van der Waals surface area contributed by atoms with Crippen LogP contribution in [0.4, 0.5) is 0 Å². The average molecular weight is 238 g/mol. The van der Waals surface area contributed by atoms with E-state index in [1.54, 1.807) is 0 Å². The highest BCUT2D eigenvalue weighted by molar-refractivity contribution is 14.1. The van der Waals surface area contributed by atoms with Gasteiger partial charge in [0.15, 0.2) is 0 Å². The SMILES string of the molecule is CC1C[C@H](CCI)C1C. The van der Waals surface area contributed by atoms with Crippen LogP contribution in [0.15, 0.2) is 0 Å². The van der Waals surface area contributed by atoms with Gasteiger partial charge in [0.1, 0.15) is 0 Å². The van der Waals surface area contributed by atoms with Gasteiger partial charge in [-0.1, -0.05) is 36.4 Å². The fourth-order valence-electron chi connectivity index (χ4n) is 1.70. The molecule has 0 bridgehead atoms. The lowest BCUT2D eigenvalue weighted by molar-refractivity contribution is 0.102. The smallest absolute Gasteiger partial charge is 0.000199 e. The summed E-state index contributed by atoms with van der Waals surface area (Å²) in [5.41, 5.74) is 0. The molecule has 1 heteroatoms. The molecule has 0 aromatic carbocycles. The van der Waals surface area contributed by atoms with Gasteiger partial charge in [-0.3, -0.25) is 0 Å². The van der Waals surface area contributed by atoms with Gasteiger partial charge in [0.2, 0.25) is 0 Å². The van der Waals surface area contributed by atoms with Crippen molar-refractivity contribution in [2.24, 2.45) is 17.8 Å². The van der Waals surface area contributed by atoms with Gasteiger partial charge in [-0.15, -0.1) is 0 Å². The van der Waals surface area contributed by atoms with E-state index in [2.05, 4.69) is 36.4 Å². The first kappa shape index (κ1) is 7.83. The van der Waals surface area contributed by atoms with Gasteiger partial charge in [-0.05, 0) is 35.0 Å². The zero-order valence-electron chi connectivity index (χ0n) is 6.23. The molecule has 0 radical (unpaired) electrons. The third-order valence-electron chi connectivity index (χ3n) is 2.80. The second-order valence-corrected chi connectivity index (χ2v) is 4.39. The monoisotopic (exact) mass is 238 g/mol. The molecule has 1 aliphatic rings. The Labute approximate surface area is 71.5 Å². The molecule has 0 N–H and O–H groups in total. The van der Waals surface area contributed by atoms with Crippen molar-refractivity contribution in [2.45, 2.75) is 26.7 Å². The first-order valence-corrected chi connectivity index (χ1v) is 5.34. The van der Waals surface area contributed by atoms with Crippen molar-refractivity contribution in [3.8, 4) is 0 Å². The van der Waals surface area contributed by atoms with Crippen molar-refractivity contribution in [3.05, 3.63) is 0 Å². The fraction of sp³-hybridized carbons (Fsp3) is 1.00. The van der Waals surface area contributed by atoms with E-state index in [0.29, 0.717) is 0 Å². The molecule has 0 saturated heterocycles. The standard InChI is InChI=1S/C8H15I/c1-6-5-8(3-4-9)7(6)2/h6-8H,3-5H2,1-2H3/t6?,7?,8-/m0/s1. The van der Waals surface area contributed by atoms with Crippen LogP contribution in [0.5, 0.6) is 0 Å². The molecule has 0 amide bonds. The lowest BCUT2D eigenvalue weighted by Gasteiger charge is -2.40. The molecular weight excluding hydrogens is 223 g/mol. The number of hydrogen-bond acceptors (Lipinski definition) is 0. The van der Waals surface area contributed by atoms with Crippen LogP contribution in [0.3, 0.4) is 0 Å². The van der Waals surface area contributed by atoms with Crippen LogP contribution in [-0.4, -0.2) is 4.43 Å². The largest absolute Gasteiger partial charge is 0.0864 e. The maximum absolute atomic E-state index is 2.48. The minimum absolute atomic E-state index is 1.01. The highest BCUT2D eigenvalue weighted by Crippen LogP contribution is 2.41. The zero-order chi connectivity index (χ0) is 6.85. The van der Waals surface area contributed by atoms with Gasteiger partial charge >= 0.3 is 0 Å². The van der Waals surface area contributed by atoms with Crippen molar-refractivity contribution in [1.82, 2.24) is 0 Å². The molecule has 9 heavy (non-hydrogen) atoms. The van der Waals surface area contributed by atoms with Crippen molar-refractivity contribution in [3.63, 3.8) is 0 Å². The summed E-state index contributed by atoms with van der Waals surface area (Å²) in [4.78, 5) is 0. The topological polar surface area (TPSA) is 0 Å². The first-order chi connectivity index (χ1) is 4.25. The summed E-state index contributed by atoms with van der Waals surface area (Å²) in [5, 5.41) is 0. The summed E-state index contributed by atoms with van der Waals surface area (Å²) in [5.74, 6) is 3.09. The first-order valence-electron chi connectivity index (χ1n) is 3.81. The third kappa shape index (κ3) is 1.60. The molecule has 54 valence electrons. The molecule has 1 aliphatic carbocycles. The minimum Gasteiger partial charge on any atom is -0.0864 e. The summed E-state index contributed by atoms with van der Waals surface area (Å²) in [6.45, 7) is 4.76. The molecule has 0 aromatic heterocycles. The van der Waals surface area contributed by atoms with Crippen LogP contribution in [0.25, 0.3) is 0 Å². The van der Waals surface area contributed by atoms with Crippen molar-refractivity contribution in [2.75, 3.05) is 4.43 Å². The van der Waals surface area contributed by atoms with Crippen molar-refractivity contribution in [1.29, 1.82) is 0 Å². The zero-order valence-corrected chi connectivity index (χ0v) is 8.39. The maximum atomic E-state index is 2.48. The van der Waals surface area contributed by atoms with Crippen LogP contribution in [0.2, 0.25) is 0 Å². The van der Waals surface area contributed by atoms with E-state index < -0.39 is 0 Å². The second kappa shape index (κ2) is 3.22. The van der Waals surface area contributed by atoms with Gasteiger partial charge in [0.25, 0.3) is 0 Å². The normalized spacial score (nSPS) is 42.3. The Morgan fingerprint density at radius 3 is 2.44 bits per heavy atom. The number of rotatable bonds is 2. The Morgan fingerprint density at radius 2 is 2.11 bits per heavy atom. The fourth-order valence-corrected chi connectivity index (χ4v) is 2.50. The van der Waals surface area contributed by atoms with E-state index in [4.69, 9.17) is 0 Å². The summed E-state index contributed by atoms with van der Waals surface area (Å²) < 4.78 is 1.35. The van der Waals surface area contributed by atoms with Gasteiger partial charge < -0.3 is 0 Å². The molecule has 1 saturated carbocycles. The Balaban J connectivity index is 2.17. The molecule has 3 atom stereocenters. The third-order valence-corrected chi connectivity index (χ3v) is 3.42. The van der Waals surface area contributed by atoms with Gasteiger partial charge in [0.05, 0.1) is 0 Å². The van der Waals surface area contributed by atoms with Gasteiger partial charge in [-0.25, -0.2) is 0 Å². The van der Waals surface area contributed by atoms with Crippen LogP contribution >= 0.6 is 22.6 Å². The quantitative estimate of drug-likeness (QED) is 0.512. The molecule has 0 heterocycles. The second-order valence-electron chi connectivity index (χ2n) is 3.31. The average Bonchev–Trinajstić information content (AvgIpc) is 1.88. The van der Waals surface area contributed by atoms with Gasteiger partial charge in [-0.2, -0.15) is 0 Å². The Morgan fingerprint density at radius 1 is 1.44 bits per heavy atom. The molecule has 0 nitrogen and oxygen atoms in total. The molecular formula is C8H15I. The summed E-state index contributed by atoms with van der Waals surface area (Å²) in [6, 6.07) is 0. The molecule has 0 aliphatic heterocycles. The number of hydrogen-bond donors (Lipinski definition) is 0. The van der Waals surface area contributed by atoms with E-state index >= 15 is 0 Å². The van der Waals surface area contributed by atoms with Crippen LogP contribution < -0.4 is 0 Å². The van der Waals surface area contributed by atoms with E-state index in [9.17, 15) is 0 Å². The van der Waals surface area contributed by atoms with Crippen LogP contribution in [0.1, 0.15) is 26.7 Å². The molecule has 1 rings (SSSR count). The Kier molecular flexibility index (Phi) is 2.80. The number of halogens is 1. The predicted octanol–water partition coefficient (Wildman–Crippen LogP) is 3.10. The van der Waals surface area contributed by atoms with E-state index in [-0.39, 0.29) is 0 Å². The number of alkyl halides is 1. The summed E-state index contributed by atoms with van der Waals surface area (Å²) >= 11 is 2.48. The lowest BCUT2D eigenvalue weighted by atomic mass is 9.66. The maximum Gasteiger partial charge on any atom is -0.000199 e. The van der Waals surface area contributed by atoms with E-state index in [1.165, 1.54) is 17.3 Å². The lowest BCUT2D eigenvalue weighted by Crippen LogP contribution is -2.32. The molecule has 2 unspecified atom stereocenters. The molecule has 1 fully saturated rings. The van der Waals surface area contributed by atoms with Crippen LogP contribution in [-0.2, 0) is 0 Å². The summed E-state index contributed by atoms with van der Waals surface area (Å²) in [6.07, 6.45) is 2.94. The van der Waals surface area contributed by atoms with Crippen molar-refractivity contribution < 1.29 is 0 Å². The minimum atomic E-state index is 1.01. The Hall–Kier alpha value is 0.730. The van der Waals surface area contributed by atoms with Crippen LogP contribution in [0, 0.1) is 17.8 Å². The van der Waals surface area contributed by atoms with Crippen molar-refractivity contribution >= 4 is 22.6 Å². The van der Waals surface area contributed by atoms with Gasteiger partial charge in [0, 0.05) is 0 Å². The molecule has 0 spiro atoms.